The summed E-state index contributed by atoms with van der Waals surface area (Å²) >= 11 is 0. The SMILES string of the molecule is COc1ccc(OC)c(N(CC(=O)N(Cc2ccccc2)C(C)C)C(C)=O)c1. The molecule has 0 atom stereocenters. The first-order chi connectivity index (χ1) is 13.4. The molecule has 0 heterocycles. The Balaban J connectivity index is 2.29. The van der Waals surface area contributed by atoms with Gasteiger partial charge in [-0.05, 0) is 31.5 Å². The van der Waals surface area contributed by atoms with Crippen LogP contribution in [-0.4, -0.2) is 43.5 Å². The lowest BCUT2D eigenvalue weighted by atomic mass is 10.1. The monoisotopic (exact) mass is 384 g/mol. The van der Waals surface area contributed by atoms with E-state index in [-0.39, 0.29) is 24.4 Å². The maximum absolute atomic E-state index is 13.1. The van der Waals surface area contributed by atoms with Crippen LogP contribution in [0.25, 0.3) is 0 Å². The van der Waals surface area contributed by atoms with Crippen molar-refractivity contribution in [2.45, 2.75) is 33.4 Å². The highest BCUT2D eigenvalue weighted by atomic mass is 16.5. The molecule has 2 rings (SSSR count). The van der Waals surface area contributed by atoms with Crippen molar-refractivity contribution in [3.63, 3.8) is 0 Å². The minimum absolute atomic E-state index is 0.00582. The molecule has 0 aliphatic rings. The Morgan fingerprint density at radius 1 is 1.00 bits per heavy atom. The predicted molar refractivity (Wildman–Crippen MR) is 110 cm³/mol. The van der Waals surface area contributed by atoms with Crippen LogP contribution in [0.15, 0.2) is 48.5 Å². The van der Waals surface area contributed by atoms with Gasteiger partial charge in [0, 0.05) is 25.6 Å². The smallest absolute Gasteiger partial charge is 0.243 e. The predicted octanol–water partition coefficient (Wildman–Crippen LogP) is 3.49. The van der Waals surface area contributed by atoms with Crippen molar-refractivity contribution in [1.82, 2.24) is 4.90 Å². The van der Waals surface area contributed by atoms with Gasteiger partial charge in [-0.1, -0.05) is 30.3 Å². The number of benzene rings is 2. The van der Waals surface area contributed by atoms with Gasteiger partial charge in [0.15, 0.2) is 0 Å². The Labute approximate surface area is 166 Å². The fourth-order valence-electron chi connectivity index (χ4n) is 2.94. The van der Waals surface area contributed by atoms with E-state index in [0.29, 0.717) is 23.7 Å². The van der Waals surface area contributed by atoms with Gasteiger partial charge in [-0.15, -0.1) is 0 Å². The van der Waals surface area contributed by atoms with Crippen LogP contribution >= 0.6 is 0 Å². The van der Waals surface area contributed by atoms with Crippen molar-refractivity contribution in [2.75, 3.05) is 25.7 Å². The summed E-state index contributed by atoms with van der Waals surface area (Å²) in [6.45, 7) is 5.77. The fraction of sp³-hybridized carbons (Fsp3) is 0.364. The van der Waals surface area contributed by atoms with E-state index in [2.05, 4.69) is 0 Å². The lowest BCUT2D eigenvalue weighted by molar-refractivity contribution is -0.133. The van der Waals surface area contributed by atoms with Crippen LogP contribution in [0, 0.1) is 0 Å². The second-order valence-corrected chi connectivity index (χ2v) is 6.74. The number of methoxy groups -OCH3 is 2. The normalized spacial score (nSPS) is 10.5. The molecule has 0 aliphatic carbocycles. The Morgan fingerprint density at radius 3 is 2.21 bits per heavy atom. The Hall–Kier alpha value is -3.02. The molecule has 2 aromatic rings. The van der Waals surface area contributed by atoms with Gasteiger partial charge in [-0.3, -0.25) is 14.5 Å². The first kappa shape index (κ1) is 21.3. The lowest BCUT2D eigenvalue weighted by Gasteiger charge is -2.30. The number of carbonyl (C=O) groups excluding carboxylic acids is 2. The first-order valence-corrected chi connectivity index (χ1v) is 9.20. The van der Waals surface area contributed by atoms with Crippen molar-refractivity contribution >= 4 is 17.5 Å². The standard InChI is InChI=1S/C22H28N2O4/c1-16(2)23(14-18-9-7-6-8-10-18)22(26)15-24(17(3)25)20-13-19(27-4)11-12-21(20)28-5/h6-13,16H,14-15H2,1-5H3. The second-order valence-electron chi connectivity index (χ2n) is 6.74. The van der Waals surface area contributed by atoms with Gasteiger partial charge in [0.25, 0.3) is 0 Å². The molecule has 0 aliphatic heterocycles. The molecule has 0 saturated heterocycles. The third-order valence-electron chi connectivity index (χ3n) is 4.49. The summed E-state index contributed by atoms with van der Waals surface area (Å²) in [6, 6.07) is 15.0. The molecule has 2 amide bonds. The van der Waals surface area contributed by atoms with Crippen molar-refractivity contribution in [1.29, 1.82) is 0 Å². The van der Waals surface area contributed by atoms with Gasteiger partial charge in [0.2, 0.25) is 11.8 Å². The molecular formula is C22H28N2O4. The topological polar surface area (TPSA) is 59.1 Å². The number of amides is 2. The lowest BCUT2D eigenvalue weighted by Crippen LogP contribution is -2.45. The van der Waals surface area contributed by atoms with E-state index in [9.17, 15) is 9.59 Å². The molecule has 0 radical (unpaired) electrons. The van der Waals surface area contributed by atoms with Crippen LogP contribution in [0.2, 0.25) is 0 Å². The van der Waals surface area contributed by atoms with E-state index in [1.165, 1.54) is 18.9 Å². The molecule has 0 bridgehead atoms. The van der Waals surface area contributed by atoms with Gasteiger partial charge < -0.3 is 14.4 Å². The van der Waals surface area contributed by atoms with Gasteiger partial charge in [-0.25, -0.2) is 0 Å². The molecule has 0 spiro atoms. The molecule has 0 aromatic heterocycles. The number of hydrogen-bond donors (Lipinski definition) is 0. The zero-order chi connectivity index (χ0) is 20.7. The number of rotatable bonds is 8. The van der Waals surface area contributed by atoms with Crippen LogP contribution in [0.4, 0.5) is 5.69 Å². The van der Waals surface area contributed by atoms with Gasteiger partial charge in [-0.2, -0.15) is 0 Å². The third-order valence-corrected chi connectivity index (χ3v) is 4.49. The summed E-state index contributed by atoms with van der Waals surface area (Å²) in [6.07, 6.45) is 0. The molecule has 6 heteroatoms. The average molecular weight is 384 g/mol. The molecule has 2 aromatic carbocycles. The van der Waals surface area contributed by atoms with Crippen LogP contribution in [0.1, 0.15) is 26.3 Å². The number of hydrogen-bond acceptors (Lipinski definition) is 4. The number of carbonyl (C=O) groups is 2. The zero-order valence-corrected chi connectivity index (χ0v) is 17.1. The maximum Gasteiger partial charge on any atom is 0.243 e. The van der Waals surface area contributed by atoms with Crippen molar-refractivity contribution in [2.24, 2.45) is 0 Å². The highest BCUT2D eigenvalue weighted by Crippen LogP contribution is 2.32. The maximum atomic E-state index is 13.1. The Bertz CT molecular complexity index is 805. The van der Waals surface area contributed by atoms with Crippen LogP contribution < -0.4 is 14.4 Å². The Kier molecular flexibility index (Phi) is 7.44. The van der Waals surface area contributed by atoms with Crippen LogP contribution in [-0.2, 0) is 16.1 Å². The molecule has 150 valence electrons. The quantitative estimate of drug-likeness (QED) is 0.699. The van der Waals surface area contributed by atoms with Crippen molar-refractivity contribution in [3.8, 4) is 11.5 Å². The summed E-state index contributed by atoms with van der Waals surface area (Å²) in [5, 5.41) is 0. The number of nitrogens with zero attached hydrogens (tertiary/aromatic N) is 2. The minimum atomic E-state index is -0.247. The zero-order valence-electron chi connectivity index (χ0n) is 17.1. The van der Waals surface area contributed by atoms with Gasteiger partial charge >= 0.3 is 0 Å². The van der Waals surface area contributed by atoms with E-state index in [4.69, 9.17) is 9.47 Å². The van der Waals surface area contributed by atoms with Crippen molar-refractivity contribution in [3.05, 3.63) is 54.1 Å². The first-order valence-electron chi connectivity index (χ1n) is 9.20. The van der Waals surface area contributed by atoms with E-state index in [1.807, 2.05) is 44.2 Å². The van der Waals surface area contributed by atoms with Crippen molar-refractivity contribution < 1.29 is 19.1 Å². The highest BCUT2D eigenvalue weighted by molar-refractivity contribution is 5.99. The Morgan fingerprint density at radius 2 is 1.68 bits per heavy atom. The largest absolute Gasteiger partial charge is 0.497 e. The molecular weight excluding hydrogens is 356 g/mol. The average Bonchev–Trinajstić information content (AvgIpc) is 2.69. The molecule has 0 fully saturated rings. The van der Waals surface area contributed by atoms with Crippen LogP contribution in [0.5, 0.6) is 11.5 Å². The summed E-state index contributed by atoms with van der Waals surface area (Å²) in [5.41, 5.74) is 1.55. The van der Waals surface area contributed by atoms with Gasteiger partial charge in [0.05, 0.1) is 19.9 Å². The summed E-state index contributed by atoms with van der Waals surface area (Å²) < 4.78 is 10.7. The second kappa shape index (κ2) is 9.78. The number of ether oxygens (including phenoxy) is 2. The molecule has 28 heavy (non-hydrogen) atoms. The van der Waals surface area contributed by atoms with Gasteiger partial charge in [0.1, 0.15) is 18.0 Å². The molecule has 0 N–H and O–H groups in total. The fourth-order valence-corrected chi connectivity index (χ4v) is 2.94. The van der Waals surface area contributed by atoms with Crippen LogP contribution in [0.3, 0.4) is 0 Å². The molecule has 0 saturated carbocycles. The van der Waals surface area contributed by atoms with E-state index >= 15 is 0 Å². The highest BCUT2D eigenvalue weighted by Gasteiger charge is 2.25. The molecule has 6 nitrogen and oxygen atoms in total. The van der Waals surface area contributed by atoms with E-state index in [0.717, 1.165) is 5.56 Å². The summed E-state index contributed by atoms with van der Waals surface area (Å²) in [5.74, 6) is 0.699. The summed E-state index contributed by atoms with van der Waals surface area (Å²) in [4.78, 5) is 28.6. The minimum Gasteiger partial charge on any atom is -0.497 e. The summed E-state index contributed by atoms with van der Waals surface area (Å²) in [7, 11) is 3.08. The van der Waals surface area contributed by atoms with E-state index < -0.39 is 0 Å². The third kappa shape index (κ3) is 5.25. The number of anilines is 1. The molecule has 0 unspecified atom stereocenters. The van der Waals surface area contributed by atoms with E-state index in [1.54, 1.807) is 30.2 Å².